The Kier molecular flexibility index (Phi) is 3.70. The van der Waals surface area contributed by atoms with E-state index in [1.807, 2.05) is 5.38 Å². The van der Waals surface area contributed by atoms with E-state index in [0.29, 0.717) is 24.4 Å². The lowest BCUT2D eigenvalue weighted by molar-refractivity contribution is 0.472. The van der Waals surface area contributed by atoms with E-state index in [1.54, 1.807) is 24.5 Å². The third kappa shape index (κ3) is 3.01. The van der Waals surface area contributed by atoms with E-state index in [-0.39, 0.29) is 6.04 Å². The van der Waals surface area contributed by atoms with Gasteiger partial charge in [0.1, 0.15) is 0 Å². The van der Waals surface area contributed by atoms with Gasteiger partial charge in [0.2, 0.25) is 5.89 Å². The lowest BCUT2D eigenvalue weighted by Crippen LogP contribution is -2.09. The molecule has 0 fully saturated rings. The summed E-state index contributed by atoms with van der Waals surface area (Å²) in [5.74, 6) is 0.745. The van der Waals surface area contributed by atoms with Crippen molar-refractivity contribution in [3.8, 4) is 0 Å². The number of nitrogens with one attached hydrogen (secondary N) is 1. The van der Waals surface area contributed by atoms with Crippen LogP contribution in [0.3, 0.4) is 0 Å². The van der Waals surface area contributed by atoms with Gasteiger partial charge >= 0.3 is 6.01 Å². The van der Waals surface area contributed by atoms with Crippen molar-refractivity contribution in [2.24, 2.45) is 5.73 Å². The van der Waals surface area contributed by atoms with Gasteiger partial charge in [0.25, 0.3) is 0 Å². The summed E-state index contributed by atoms with van der Waals surface area (Å²) in [6, 6.07) is 0.162. The molecule has 2 aromatic rings. The fraction of sp³-hybridized carbons (Fsp3) is 0.500. The van der Waals surface area contributed by atoms with Crippen molar-refractivity contribution in [2.75, 3.05) is 11.9 Å². The minimum Gasteiger partial charge on any atom is -0.406 e. The van der Waals surface area contributed by atoms with Crippen LogP contribution in [0.4, 0.5) is 6.01 Å². The number of thiazole rings is 1. The molecule has 92 valence electrons. The van der Waals surface area contributed by atoms with Gasteiger partial charge in [-0.05, 0) is 6.92 Å². The molecular weight excluding hydrogens is 238 g/mol. The van der Waals surface area contributed by atoms with Crippen LogP contribution in [0.2, 0.25) is 0 Å². The highest BCUT2D eigenvalue weighted by atomic mass is 32.1. The largest absolute Gasteiger partial charge is 0.406 e. The van der Waals surface area contributed by atoms with Crippen LogP contribution in [-0.2, 0) is 0 Å². The zero-order chi connectivity index (χ0) is 12.3. The van der Waals surface area contributed by atoms with Crippen LogP contribution >= 0.6 is 11.3 Å². The van der Waals surface area contributed by atoms with Crippen LogP contribution in [0, 0.1) is 0 Å². The number of aromatic nitrogens is 3. The molecule has 17 heavy (non-hydrogen) atoms. The fourth-order valence-corrected chi connectivity index (χ4v) is 1.99. The number of hydrogen-bond donors (Lipinski definition) is 2. The highest BCUT2D eigenvalue weighted by Gasteiger charge is 2.12. The third-order valence-corrected chi connectivity index (χ3v) is 3.27. The van der Waals surface area contributed by atoms with Gasteiger partial charge in [-0.25, -0.2) is 4.98 Å². The molecule has 0 bridgehead atoms. The molecule has 0 saturated heterocycles. The maximum Gasteiger partial charge on any atom is 0.315 e. The lowest BCUT2D eigenvalue weighted by Gasteiger charge is -2.07. The van der Waals surface area contributed by atoms with Crippen molar-refractivity contribution in [1.82, 2.24) is 15.2 Å². The van der Waals surface area contributed by atoms with Crippen LogP contribution in [0.5, 0.6) is 0 Å². The Balaban J connectivity index is 1.89. The predicted molar refractivity (Wildman–Crippen MR) is 65.9 cm³/mol. The van der Waals surface area contributed by atoms with Crippen molar-refractivity contribution in [2.45, 2.75) is 25.8 Å². The molecule has 0 saturated carbocycles. The number of rotatable bonds is 5. The quantitative estimate of drug-likeness (QED) is 0.844. The zero-order valence-electron chi connectivity index (χ0n) is 9.75. The maximum absolute atomic E-state index is 5.63. The molecule has 6 nitrogen and oxygen atoms in total. The summed E-state index contributed by atoms with van der Waals surface area (Å²) in [6.45, 7) is 4.60. The van der Waals surface area contributed by atoms with Gasteiger partial charge in [-0.1, -0.05) is 12.0 Å². The molecule has 2 rings (SSSR count). The Labute approximate surface area is 103 Å². The van der Waals surface area contributed by atoms with E-state index in [1.165, 1.54) is 0 Å². The third-order valence-electron chi connectivity index (χ3n) is 2.26. The standard InChI is InChI=1S/C10H15N5OS/c1-6(9-12-3-4-17-9)5-13-10-15-14-8(16-10)7(2)11/h3-4,6-7H,5,11H2,1-2H3,(H,13,15). The maximum atomic E-state index is 5.63. The number of hydrogen-bond acceptors (Lipinski definition) is 7. The van der Waals surface area contributed by atoms with Crippen molar-refractivity contribution in [3.63, 3.8) is 0 Å². The summed E-state index contributed by atoms with van der Waals surface area (Å²) in [4.78, 5) is 4.25. The number of anilines is 1. The summed E-state index contributed by atoms with van der Waals surface area (Å²) in [5.41, 5.74) is 5.63. The highest BCUT2D eigenvalue weighted by Crippen LogP contribution is 2.18. The minimum absolute atomic E-state index is 0.241. The number of nitrogens with zero attached hydrogens (tertiary/aromatic N) is 3. The molecule has 0 aromatic carbocycles. The summed E-state index contributed by atoms with van der Waals surface area (Å²) in [7, 11) is 0. The Morgan fingerprint density at radius 3 is 2.88 bits per heavy atom. The number of nitrogens with two attached hydrogens (primary N) is 1. The van der Waals surface area contributed by atoms with E-state index in [2.05, 4.69) is 27.4 Å². The summed E-state index contributed by atoms with van der Waals surface area (Å²) >= 11 is 1.64. The molecule has 0 spiro atoms. The van der Waals surface area contributed by atoms with Crippen LogP contribution in [0.1, 0.15) is 36.7 Å². The smallest absolute Gasteiger partial charge is 0.315 e. The van der Waals surface area contributed by atoms with E-state index < -0.39 is 0 Å². The monoisotopic (exact) mass is 253 g/mol. The molecule has 2 atom stereocenters. The van der Waals surface area contributed by atoms with Crippen LogP contribution in [0.15, 0.2) is 16.0 Å². The van der Waals surface area contributed by atoms with Gasteiger partial charge in [0.05, 0.1) is 11.0 Å². The first-order chi connectivity index (χ1) is 8.16. The van der Waals surface area contributed by atoms with Crippen molar-refractivity contribution < 1.29 is 4.42 Å². The van der Waals surface area contributed by atoms with Crippen LogP contribution < -0.4 is 11.1 Å². The lowest BCUT2D eigenvalue weighted by atomic mass is 10.2. The van der Waals surface area contributed by atoms with Crippen molar-refractivity contribution in [3.05, 3.63) is 22.5 Å². The van der Waals surface area contributed by atoms with Crippen LogP contribution in [0.25, 0.3) is 0 Å². The Hall–Kier alpha value is -1.47. The van der Waals surface area contributed by atoms with Gasteiger partial charge in [-0.2, -0.15) is 0 Å². The topological polar surface area (TPSA) is 89.9 Å². The molecule has 2 heterocycles. The first-order valence-corrected chi connectivity index (χ1v) is 6.27. The van der Waals surface area contributed by atoms with Crippen LogP contribution in [-0.4, -0.2) is 21.7 Å². The molecular formula is C10H15N5OS. The molecule has 0 aliphatic heterocycles. The molecule has 0 aliphatic rings. The Morgan fingerprint density at radius 1 is 1.47 bits per heavy atom. The van der Waals surface area contributed by atoms with Gasteiger partial charge in [0.15, 0.2) is 0 Å². The SMILES string of the molecule is CC(N)c1nnc(NCC(C)c2nccs2)o1. The second-order valence-electron chi connectivity index (χ2n) is 3.89. The summed E-state index contributed by atoms with van der Waals surface area (Å²) in [6.07, 6.45) is 1.80. The summed E-state index contributed by atoms with van der Waals surface area (Å²) < 4.78 is 5.34. The van der Waals surface area contributed by atoms with Crippen molar-refractivity contribution >= 4 is 17.4 Å². The summed E-state index contributed by atoms with van der Waals surface area (Å²) in [5, 5.41) is 13.8. The fourth-order valence-electron chi connectivity index (χ4n) is 1.30. The zero-order valence-corrected chi connectivity index (χ0v) is 10.6. The Bertz CT molecular complexity index is 453. The molecule has 2 aromatic heterocycles. The molecule has 2 unspecified atom stereocenters. The second kappa shape index (κ2) is 5.24. The molecule has 0 amide bonds. The average molecular weight is 253 g/mol. The van der Waals surface area contributed by atoms with E-state index >= 15 is 0 Å². The molecule has 0 aliphatic carbocycles. The Morgan fingerprint density at radius 2 is 2.29 bits per heavy atom. The van der Waals surface area contributed by atoms with Crippen molar-refractivity contribution in [1.29, 1.82) is 0 Å². The first kappa shape index (κ1) is 12.0. The first-order valence-electron chi connectivity index (χ1n) is 5.39. The van der Waals surface area contributed by atoms with Gasteiger partial charge in [-0.3, -0.25) is 0 Å². The second-order valence-corrected chi connectivity index (χ2v) is 4.81. The van der Waals surface area contributed by atoms with Gasteiger partial charge in [-0.15, -0.1) is 16.4 Å². The van der Waals surface area contributed by atoms with E-state index in [4.69, 9.17) is 10.2 Å². The molecule has 3 N–H and O–H groups in total. The highest BCUT2D eigenvalue weighted by molar-refractivity contribution is 7.09. The van der Waals surface area contributed by atoms with Gasteiger partial charge in [0, 0.05) is 24.0 Å². The minimum atomic E-state index is -0.241. The average Bonchev–Trinajstić information content (AvgIpc) is 2.97. The van der Waals surface area contributed by atoms with E-state index in [0.717, 1.165) is 5.01 Å². The predicted octanol–water partition coefficient (Wildman–Crippen LogP) is 1.76. The van der Waals surface area contributed by atoms with Gasteiger partial charge < -0.3 is 15.5 Å². The van der Waals surface area contributed by atoms with E-state index in [9.17, 15) is 0 Å². The molecule has 0 radical (unpaired) electrons. The molecule has 7 heteroatoms. The normalized spacial score (nSPS) is 14.5.